The van der Waals surface area contributed by atoms with E-state index in [1.54, 1.807) is 0 Å². The molecule has 4 aromatic rings. The molecule has 2 aromatic carbocycles. The number of nitrogen functional groups attached to an aromatic ring is 1. The Morgan fingerprint density at radius 2 is 1.61 bits per heavy atom. The SMILES string of the molecule is N#Cc1c(N)n(Cc2ccccc2)c2nc3ccccc3nc12. The first-order chi connectivity index (χ1) is 11.3. The van der Waals surface area contributed by atoms with Gasteiger partial charge >= 0.3 is 0 Å². The molecule has 0 aliphatic carbocycles. The molecule has 0 atom stereocenters. The smallest absolute Gasteiger partial charge is 0.162 e. The van der Waals surface area contributed by atoms with Crippen molar-refractivity contribution in [2.45, 2.75) is 6.54 Å². The molecule has 23 heavy (non-hydrogen) atoms. The minimum Gasteiger partial charge on any atom is -0.384 e. The number of hydrogen-bond donors (Lipinski definition) is 1. The summed E-state index contributed by atoms with van der Waals surface area (Å²) in [6.45, 7) is 0.553. The summed E-state index contributed by atoms with van der Waals surface area (Å²) >= 11 is 0. The van der Waals surface area contributed by atoms with Gasteiger partial charge in [-0.1, -0.05) is 42.5 Å². The Morgan fingerprint density at radius 3 is 2.30 bits per heavy atom. The fraction of sp³-hybridized carbons (Fsp3) is 0.0556. The van der Waals surface area contributed by atoms with Crippen molar-refractivity contribution in [2.75, 3.05) is 5.73 Å². The average Bonchev–Trinajstić information content (AvgIpc) is 2.85. The monoisotopic (exact) mass is 299 g/mol. The third-order valence-electron chi connectivity index (χ3n) is 3.89. The Hall–Kier alpha value is -3.39. The molecule has 0 saturated carbocycles. The summed E-state index contributed by atoms with van der Waals surface area (Å²) in [4.78, 5) is 9.26. The molecule has 0 aliphatic rings. The number of nitriles is 1. The number of para-hydroxylation sites is 2. The highest BCUT2D eigenvalue weighted by Crippen LogP contribution is 2.27. The van der Waals surface area contributed by atoms with Crippen LogP contribution in [0.15, 0.2) is 54.6 Å². The lowest BCUT2D eigenvalue weighted by molar-refractivity contribution is 0.837. The second-order valence-electron chi connectivity index (χ2n) is 5.33. The van der Waals surface area contributed by atoms with Crippen LogP contribution in [0.4, 0.5) is 5.82 Å². The van der Waals surface area contributed by atoms with E-state index in [0.717, 1.165) is 16.6 Å². The third kappa shape index (κ3) is 2.09. The van der Waals surface area contributed by atoms with Gasteiger partial charge in [-0.05, 0) is 17.7 Å². The average molecular weight is 299 g/mol. The van der Waals surface area contributed by atoms with Crippen molar-refractivity contribution in [3.05, 3.63) is 65.7 Å². The lowest BCUT2D eigenvalue weighted by atomic mass is 10.2. The van der Waals surface area contributed by atoms with Gasteiger partial charge in [0.15, 0.2) is 5.65 Å². The summed E-state index contributed by atoms with van der Waals surface area (Å²) in [5.41, 5.74) is 10.4. The van der Waals surface area contributed by atoms with Crippen molar-refractivity contribution in [2.24, 2.45) is 0 Å². The van der Waals surface area contributed by atoms with Gasteiger partial charge in [0.1, 0.15) is 23.0 Å². The molecule has 5 heteroatoms. The maximum Gasteiger partial charge on any atom is 0.162 e. The molecule has 0 fully saturated rings. The van der Waals surface area contributed by atoms with Crippen molar-refractivity contribution >= 4 is 28.0 Å². The summed E-state index contributed by atoms with van der Waals surface area (Å²) in [6, 6.07) is 19.7. The van der Waals surface area contributed by atoms with E-state index in [1.807, 2.05) is 59.2 Å². The Balaban J connectivity index is 2.01. The Labute approximate surface area is 132 Å². The van der Waals surface area contributed by atoms with Crippen molar-refractivity contribution < 1.29 is 0 Å². The van der Waals surface area contributed by atoms with Crippen LogP contribution in [0.5, 0.6) is 0 Å². The molecule has 0 aliphatic heterocycles. The molecule has 2 N–H and O–H groups in total. The highest BCUT2D eigenvalue weighted by molar-refractivity contribution is 5.92. The number of benzene rings is 2. The van der Waals surface area contributed by atoms with Gasteiger partial charge in [-0.3, -0.25) is 0 Å². The van der Waals surface area contributed by atoms with Crippen LogP contribution in [0.25, 0.3) is 22.2 Å². The molecular weight excluding hydrogens is 286 g/mol. The standard InChI is InChI=1S/C18H13N5/c19-10-13-16-18(22-15-9-5-4-8-14(15)21-16)23(17(13)20)11-12-6-2-1-3-7-12/h1-9H,11,20H2. The molecule has 5 nitrogen and oxygen atoms in total. The van der Waals surface area contributed by atoms with E-state index in [2.05, 4.69) is 16.0 Å². The van der Waals surface area contributed by atoms with Crippen LogP contribution in [0.1, 0.15) is 11.1 Å². The molecule has 2 aromatic heterocycles. The quantitative estimate of drug-likeness (QED) is 0.616. The molecule has 4 rings (SSSR count). The van der Waals surface area contributed by atoms with E-state index in [9.17, 15) is 5.26 Å². The van der Waals surface area contributed by atoms with Crippen molar-refractivity contribution in [1.29, 1.82) is 5.26 Å². The molecule has 0 saturated heterocycles. The van der Waals surface area contributed by atoms with Crippen LogP contribution in [0.3, 0.4) is 0 Å². The van der Waals surface area contributed by atoms with E-state index in [4.69, 9.17) is 5.73 Å². The van der Waals surface area contributed by atoms with Gasteiger partial charge in [0.2, 0.25) is 0 Å². The molecule has 0 unspecified atom stereocenters. The van der Waals surface area contributed by atoms with Crippen molar-refractivity contribution in [1.82, 2.24) is 14.5 Å². The van der Waals surface area contributed by atoms with Crippen LogP contribution in [-0.4, -0.2) is 14.5 Å². The summed E-state index contributed by atoms with van der Waals surface area (Å²) in [6.07, 6.45) is 0. The summed E-state index contributed by atoms with van der Waals surface area (Å²) in [5.74, 6) is 0.404. The Morgan fingerprint density at radius 1 is 0.957 bits per heavy atom. The van der Waals surface area contributed by atoms with Crippen LogP contribution in [0.2, 0.25) is 0 Å². The highest BCUT2D eigenvalue weighted by atomic mass is 15.1. The maximum absolute atomic E-state index is 9.46. The number of hydrogen-bond acceptors (Lipinski definition) is 4. The Bertz CT molecular complexity index is 1060. The lowest BCUT2D eigenvalue weighted by Crippen LogP contribution is -2.05. The topological polar surface area (TPSA) is 80.5 Å². The van der Waals surface area contributed by atoms with E-state index >= 15 is 0 Å². The molecule has 0 bridgehead atoms. The van der Waals surface area contributed by atoms with E-state index in [-0.39, 0.29) is 0 Å². The minimum absolute atomic E-state index is 0.384. The molecule has 0 radical (unpaired) electrons. The predicted octanol–water partition coefficient (Wildman–Crippen LogP) is 3.09. The largest absolute Gasteiger partial charge is 0.384 e. The summed E-state index contributed by atoms with van der Waals surface area (Å²) < 4.78 is 1.85. The predicted molar refractivity (Wildman–Crippen MR) is 89.7 cm³/mol. The van der Waals surface area contributed by atoms with Crippen molar-refractivity contribution in [3.63, 3.8) is 0 Å². The highest BCUT2D eigenvalue weighted by Gasteiger charge is 2.18. The molecule has 110 valence electrons. The summed E-state index contributed by atoms with van der Waals surface area (Å²) in [5, 5.41) is 9.46. The number of nitrogens with two attached hydrogens (primary N) is 1. The first-order valence-electron chi connectivity index (χ1n) is 7.26. The van der Waals surface area contributed by atoms with E-state index in [1.165, 1.54) is 0 Å². The van der Waals surface area contributed by atoms with Gasteiger partial charge in [0.25, 0.3) is 0 Å². The summed E-state index contributed by atoms with van der Waals surface area (Å²) in [7, 11) is 0. The number of anilines is 1. The minimum atomic E-state index is 0.384. The number of fused-ring (bicyclic) bond motifs is 2. The lowest BCUT2D eigenvalue weighted by Gasteiger charge is -2.07. The van der Waals surface area contributed by atoms with Crippen molar-refractivity contribution in [3.8, 4) is 6.07 Å². The fourth-order valence-corrected chi connectivity index (χ4v) is 2.75. The van der Waals surface area contributed by atoms with E-state index in [0.29, 0.717) is 29.1 Å². The maximum atomic E-state index is 9.46. The molecule has 0 spiro atoms. The van der Waals surface area contributed by atoms with Crippen LogP contribution >= 0.6 is 0 Å². The fourth-order valence-electron chi connectivity index (χ4n) is 2.75. The number of aromatic nitrogens is 3. The second kappa shape index (κ2) is 5.11. The van der Waals surface area contributed by atoms with E-state index < -0.39 is 0 Å². The zero-order valence-electron chi connectivity index (χ0n) is 12.3. The first kappa shape index (κ1) is 13.3. The normalized spacial score (nSPS) is 10.9. The van der Waals surface area contributed by atoms with Gasteiger partial charge in [0.05, 0.1) is 17.6 Å². The van der Waals surface area contributed by atoms with Gasteiger partial charge in [-0.15, -0.1) is 0 Å². The molecule has 2 heterocycles. The van der Waals surface area contributed by atoms with Gasteiger partial charge < -0.3 is 10.3 Å². The first-order valence-corrected chi connectivity index (χ1v) is 7.26. The zero-order valence-corrected chi connectivity index (χ0v) is 12.3. The van der Waals surface area contributed by atoms with Crippen LogP contribution in [0, 0.1) is 11.3 Å². The van der Waals surface area contributed by atoms with Gasteiger partial charge in [-0.2, -0.15) is 5.26 Å². The van der Waals surface area contributed by atoms with Crippen LogP contribution < -0.4 is 5.73 Å². The zero-order chi connectivity index (χ0) is 15.8. The Kier molecular flexibility index (Phi) is 2.95. The van der Waals surface area contributed by atoms with Crippen LogP contribution in [-0.2, 0) is 6.54 Å². The number of nitrogens with zero attached hydrogens (tertiary/aromatic N) is 4. The van der Waals surface area contributed by atoms with Gasteiger partial charge in [0, 0.05) is 0 Å². The van der Waals surface area contributed by atoms with Gasteiger partial charge in [-0.25, -0.2) is 9.97 Å². The second-order valence-corrected chi connectivity index (χ2v) is 5.33. The number of rotatable bonds is 2. The molecular formula is C18H13N5. The third-order valence-corrected chi connectivity index (χ3v) is 3.89. The molecule has 0 amide bonds.